The van der Waals surface area contributed by atoms with Crippen molar-refractivity contribution in [2.24, 2.45) is 0 Å². The van der Waals surface area contributed by atoms with E-state index in [2.05, 4.69) is 9.82 Å². The Morgan fingerprint density at radius 1 is 1.35 bits per heavy atom. The van der Waals surface area contributed by atoms with Gasteiger partial charge in [0.05, 0.1) is 0 Å². The zero-order valence-corrected chi connectivity index (χ0v) is 12.9. The van der Waals surface area contributed by atoms with Crippen molar-refractivity contribution in [3.63, 3.8) is 0 Å². The van der Waals surface area contributed by atoms with Gasteiger partial charge in [0.15, 0.2) is 5.82 Å². The van der Waals surface area contributed by atoms with Crippen LogP contribution in [0.5, 0.6) is 0 Å². The summed E-state index contributed by atoms with van der Waals surface area (Å²) in [6.07, 6.45) is 3.92. The van der Waals surface area contributed by atoms with Gasteiger partial charge in [0, 0.05) is 32.5 Å². The number of nitrogens with two attached hydrogens (primary N) is 1. The van der Waals surface area contributed by atoms with Gasteiger partial charge in [0.25, 0.3) is 0 Å². The van der Waals surface area contributed by atoms with Crippen LogP contribution in [0.1, 0.15) is 33.1 Å². The molecule has 20 heavy (non-hydrogen) atoms. The summed E-state index contributed by atoms with van der Waals surface area (Å²) in [4.78, 5) is 0.0421. The number of anilines is 1. The van der Waals surface area contributed by atoms with Crippen molar-refractivity contribution in [2.75, 3.05) is 25.5 Å². The highest BCUT2D eigenvalue weighted by Crippen LogP contribution is 2.16. The Bertz CT molecular complexity index is 499. The van der Waals surface area contributed by atoms with Gasteiger partial charge in [-0.05, 0) is 19.3 Å². The molecular formula is C12H24N4O3S. The molecule has 0 radical (unpaired) electrons. The summed E-state index contributed by atoms with van der Waals surface area (Å²) in [6.45, 7) is 6.22. The van der Waals surface area contributed by atoms with E-state index < -0.39 is 10.0 Å². The van der Waals surface area contributed by atoms with Crippen molar-refractivity contribution in [1.82, 2.24) is 14.5 Å². The Balaban J connectivity index is 2.51. The molecule has 1 heterocycles. The quantitative estimate of drug-likeness (QED) is 0.627. The van der Waals surface area contributed by atoms with Crippen LogP contribution in [-0.2, 0) is 21.3 Å². The highest BCUT2D eigenvalue weighted by Gasteiger charge is 2.20. The third-order valence-corrected chi connectivity index (χ3v) is 4.08. The topological polar surface area (TPSA) is 99.2 Å². The highest BCUT2D eigenvalue weighted by molar-refractivity contribution is 7.89. The highest BCUT2D eigenvalue weighted by atomic mass is 32.2. The van der Waals surface area contributed by atoms with Gasteiger partial charge >= 0.3 is 0 Å². The van der Waals surface area contributed by atoms with E-state index in [1.165, 1.54) is 6.20 Å². The Kier molecular flexibility index (Phi) is 6.97. The van der Waals surface area contributed by atoms with Crippen molar-refractivity contribution < 1.29 is 13.2 Å². The van der Waals surface area contributed by atoms with E-state index in [1.807, 2.05) is 13.8 Å². The van der Waals surface area contributed by atoms with Crippen molar-refractivity contribution >= 4 is 15.8 Å². The number of sulfonamides is 1. The van der Waals surface area contributed by atoms with Crippen LogP contribution in [0, 0.1) is 0 Å². The minimum atomic E-state index is -3.60. The van der Waals surface area contributed by atoms with Crippen LogP contribution in [0.25, 0.3) is 0 Å². The van der Waals surface area contributed by atoms with Crippen LogP contribution in [-0.4, -0.2) is 38.0 Å². The summed E-state index contributed by atoms with van der Waals surface area (Å²) in [5.74, 6) is 0.0354. The molecule has 0 fully saturated rings. The monoisotopic (exact) mass is 304 g/mol. The van der Waals surface area contributed by atoms with Crippen molar-refractivity contribution in [3.8, 4) is 0 Å². The molecule has 0 unspecified atom stereocenters. The fourth-order valence-electron chi connectivity index (χ4n) is 1.67. The smallest absolute Gasteiger partial charge is 0.245 e. The average molecular weight is 304 g/mol. The largest absolute Gasteiger partial charge is 0.381 e. The first-order valence-corrected chi connectivity index (χ1v) is 8.40. The number of aromatic nitrogens is 2. The second-order valence-corrected chi connectivity index (χ2v) is 6.24. The molecule has 0 aliphatic carbocycles. The van der Waals surface area contributed by atoms with E-state index >= 15 is 0 Å². The summed E-state index contributed by atoms with van der Waals surface area (Å²) >= 11 is 0. The standard InChI is InChI=1S/C12H24N4O3S/c1-3-7-16-10-11(12(13)15-16)20(17,18)14-6-5-9-19-8-4-2/h10,14H,3-9H2,1-2H3,(H2,13,15). The lowest BCUT2D eigenvalue weighted by Gasteiger charge is -2.05. The van der Waals surface area contributed by atoms with E-state index in [4.69, 9.17) is 10.5 Å². The Morgan fingerprint density at radius 2 is 2.10 bits per heavy atom. The molecule has 1 aromatic heterocycles. The second-order valence-electron chi connectivity index (χ2n) is 4.51. The van der Waals surface area contributed by atoms with Crippen LogP contribution in [0.3, 0.4) is 0 Å². The summed E-state index contributed by atoms with van der Waals surface area (Å²) in [5.41, 5.74) is 5.65. The van der Waals surface area contributed by atoms with Crippen LogP contribution < -0.4 is 10.5 Å². The molecule has 116 valence electrons. The number of ether oxygens (including phenoxy) is 1. The zero-order valence-electron chi connectivity index (χ0n) is 12.1. The maximum Gasteiger partial charge on any atom is 0.245 e. The van der Waals surface area contributed by atoms with Crippen molar-refractivity contribution in [1.29, 1.82) is 0 Å². The Labute approximate surface area is 120 Å². The van der Waals surface area contributed by atoms with Gasteiger partial charge in [0.1, 0.15) is 4.90 Å². The van der Waals surface area contributed by atoms with E-state index in [0.717, 1.165) is 12.8 Å². The summed E-state index contributed by atoms with van der Waals surface area (Å²) in [5, 5.41) is 3.99. The predicted octanol–water partition coefficient (Wildman–Crippen LogP) is 0.970. The van der Waals surface area contributed by atoms with E-state index in [-0.39, 0.29) is 10.7 Å². The first kappa shape index (κ1) is 16.9. The molecule has 1 rings (SSSR count). The minimum absolute atomic E-state index is 0.0354. The van der Waals surface area contributed by atoms with E-state index in [9.17, 15) is 8.42 Å². The lowest BCUT2D eigenvalue weighted by molar-refractivity contribution is 0.133. The first-order chi connectivity index (χ1) is 9.51. The molecule has 0 saturated heterocycles. The predicted molar refractivity (Wildman–Crippen MR) is 77.8 cm³/mol. The summed E-state index contributed by atoms with van der Waals surface area (Å²) in [6, 6.07) is 0. The number of aryl methyl sites for hydroxylation is 1. The average Bonchev–Trinajstić information content (AvgIpc) is 2.76. The molecule has 0 aromatic carbocycles. The molecule has 0 bridgehead atoms. The van der Waals surface area contributed by atoms with Gasteiger partial charge in [-0.3, -0.25) is 4.68 Å². The SMILES string of the molecule is CCCOCCCNS(=O)(=O)c1cn(CCC)nc1N. The fraction of sp³-hybridized carbons (Fsp3) is 0.750. The zero-order chi connectivity index (χ0) is 15.0. The Morgan fingerprint density at radius 3 is 2.75 bits per heavy atom. The number of hydrogen-bond donors (Lipinski definition) is 2. The molecular weight excluding hydrogens is 280 g/mol. The van der Waals surface area contributed by atoms with Crippen LogP contribution in [0.15, 0.2) is 11.1 Å². The molecule has 8 heteroatoms. The normalized spacial score (nSPS) is 11.9. The van der Waals surface area contributed by atoms with Gasteiger partial charge in [-0.1, -0.05) is 13.8 Å². The van der Waals surface area contributed by atoms with Gasteiger partial charge < -0.3 is 10.5 Å². The van der Waals surface area contributed by atoms with E-state index in [0.29, 0.717) is 32.7 Å². The minimum Gasteiger partial charge on any atom is -0.381 e. The maximum absolute atomic E-state index is 12.1. The first-order valence-electron chi connectivity index (χ1n) is 6.91. The number of hydrogen-bond acceptors (Lipinski definition) is 5. The van der Waals surface area contributed by atoms with E-state index in [1.54, 1.807) is 4.68 Å². The number of nitrogens with one attached hydrogen (secondary N) is 1. The molecule has 0 aliphatic heterocycles. The molecule has 3 N–H and O–H groups in total. The number of nitrogens with zero attached hydrogens (tertiary/aromatic N) is 2. The molecule has 7 nitrogen and oxygen atoms in total. The molecule has 0 amide bonds. The van der Waals surface area contributed by atoms with Crippen LogP contribution >= 0.6 is 0 Å². The van der Waals surface area contributed by atoms with Gasteiger partial charge in [-0.2, -0.15) is 5.10 Å². The molecule has 0 spiro atoms. The maximum atomic E-state index is 12.1. The van der Waals surface area contributed by atoms with Crippen LogP contribution in [0.2, 0.25) is 0 Å². The van der Waals surface area contributed by atoms with Crippen LogP contribution in [0.4, 0.5) is 5.82 Å². The third kappa shape index (κ3) is 5.10. The fourth-order valence-corrected chi connectivity index (χ4v) is 2.82. The second kappa shape index (κ2) is 8.23. The molecule has 0 aliphatic rings. The molecule has 1 aromatic rings. The van der Waals surface area contributed by atoms with Crippen molar-refractivity contribution in [2.45, 2.75) is 44.6 Å². The molecule has 0 saturated carbocycles. The lowest BCUT2D eigenvalue weighted by atomic mass is 10.4. The Hall–Kier alpha value is -1.12. The van der Waals surface area contributed by atoms with Gasteiger partial charge in [-0.15, -0.1) is 0 Å². The summed E-state index contributed by atoms with van der Waals surface area (Å²) in [7, 11) is -3.60. The number of rotatable bonds is 10. The summed E-state index contributed by atoms with van der Waals surface area (Å²) < 4.78 is 33.5. The lowest BCUT2D eigenvalue weighted by Crippen LogP contribution is -2.26. The van der Waals surface area contributed by atoms with Gasteiger partial charge in [-0.25, -0.2) is 13.1 Å². The molecule has 0 atom stereocenters. The third-order valence-electron chi connectivity index (χ3n) is 2.60. The van der Waals surface area contributed by atoms with Gasteiger partial charge in [0.2, 0.25) is 10.0 Å². The van der Waals surface area contributed by atoms with Crippen molar-refractivity contribution in [3.05, 3.63) is 6.20 Å². The number of nitrogen functional groups attached to an aromatic ring is 1.